The molecule has 1 amide bonds. The van der Waals surface area contributed by atoms with E-state index in [4.69, 9.17) is 9.47 Å². The standard InChI is InChI=1S/C23H30F3NO4/c1-2-30-22-18(8-5-13-28)19(15-9-11-16(12-10-15)23(24,25)26)14-20(31-22)21(29)27-17-6-3-4-7-17/h9-12,14,17-19,22,28H,2-8,13H2,1H3,(H,27,29)/t18-,19+,22+/m1/s1. The van der Waals surface area contributed by atoms with Crippen molar-refractivity contribution in [3.8, 4) is 0 Å². The summed E-state index contributed by atoms with van der Waals surface area (Å²) in [7, 11) is 0. The number of hydrogen-bond acceptors (Lipinski definition) is 4. The molecule has 8 heteroatoms. The van der Waals surface area contributed by atoms with Crippen LogP contribution in [0.5, 0.6) is 0 Å². The third-order valence-electron chi connectivity index (χ3n) is 5.95. The zero-order valence-corrected chi connectivity index (χ0v) is 17.7. The average Bonchev–Trinajstić information content (AvgIpc) is 3.25. The highest BCUT2D eigenvalue weighted by Crippen LogP contribution is 2.40. The number of benzene rings is 1. The van der Waals surface area contributed by atoms with Crippen molar-refractivity contribution in [1.29, 1.82) is 0 Å². The number of alkyl halides is 3. The van der Waals surface area contributed by atoms with Gasteiger partial charge in [-0.2, -0.15) is 13.2 Å². The van der Waals surface area contributed by atoms with E-state index in [2.05, 4.69) is 5.32 Å². The predicted molar refractivity (Wildman–Crippen MR) is 109 cm³/mol. The van der Waals surface area contributed by atoms with Gasteiger partial charge in [0.2, 0.25) is 6.29 Å². The van der Waals surface area contributed by atoms with Crippen LogP contribution < -0.4 is 5.32 Å². The molecule has 0 radical (unpaired) electrons. The van der Waals surface area contributed by atoms with Crippen LogP contribution in [0.1, 0.15) is 62.5 Å². The van der Waals surface area contributed by atoms with Crippen LogP contribution in [0, 0.1) is 5.92 Å². The second-order valence-electron chi connectivity index (χ2n) is 8.10. The van der Waals surface area contributed by atoms with Gasteiger partial charge in [-0.1, -0.05) is 25.0 Å². The lowest BCUT2D eigenvalue weighted by Crippen LogP contribution is -2.41. The summed E-state index contributed by atoms with van der Waals surface area (Å²) in [5.41, 5.74) is -0.0742. The van der Waals surface area contributed by atoms with Crippen LogP contribution in [0.2, 0.25) is 0 Å². The highest BCUT2D eigenvalue weighted by molar-refractivity contribution is 5.92. The molecular weight excluding hydrogens is 411 g/mol. The van der Waals surface area contributed by atoms with Crippen molar-refractivity contribution in [3.05, 3.63) is 47.2 Å². The van der Waals surface area contributed by atoms with Crippen molar-refractivity contribution >= 4 is 5.91 Å². The molecule has 1 saturated carbocycles. The molecule has 172 valence electrons. The van der Waals surface area contributed by atoms with E-state index < -0.39 is 18.0 Å². The van der Waals surface area contributed by atoms with Crippen LogP contribution in [0.3, 0.4) is 0 Å². The second-order valence-corrected chi connectivity index (χ2v) is 8.10. The van der Waals surface area contributed by atoms with E-state index in [1.807, 2.05) is 6.92 Å². The topological polar surface area (TPSA) is 67.8 Å². The maximum atomic E-state index is 13.0. The lowest BCUT2D eigenvalue weighted by molar-refractivity contribution is -0.166. The number of allylic oxidation sites excluding steroid dienone is 1. The minimum atomic E-state index is -4.42. The maximum Gasteiger partial charge on any atom is 0.416 e. The molecule has 1 aliphatic carbocycles. The van der Waals surface area contributed by atoms with Crippen molar-refractivity contribution in [2.24, 2.45) is 5.92 Å². The first kappa shape index (κ1) is 23.6. The number of aliphatic hydroxyl groups is 1. The van der Waals surface area contributed by atoms with E-state index in [0.29, 0.717) is 25.0 Å². The lowest BCUT2D eigenvalue weighted by Gasteiger charge is -2.37. The molecule has 2 aliphatic rings. The molecule has 0 bridgehead atoms. The van der Waals surface area contributed by atoms with Gasteiger partial charge >= 0.3 is 6.18 Å². The van der Waals surface area contributed by atoms with Crippen molar-refractivity contribution in [2.45, 2.75) is 69.9 Å². The van der Waals surface area contributed by atoms with Crippen LogP contribution in [0.15, 0.2) is 36.1 Å². The van der Waals surface area contributed by atoms with E-state index >= 15 is 0 Å². The Morgan fingerprint density at radius 3 is 2.48 bits per heavy atom. The third-order valence-corrected chi connectivity index (χ3v) is 5.95. The molecule has 1 aromatic rings. The summed E-state index contributed by atoms with van der Waals surface area (Å²) in [5, 5.41) is 12.3. The fourth-order valence-corrected chi connectivity index (χ4v) is 4.37. The van der Waals surface area contributed by atoms with Gasteiger partial charge in [0.05, 0.1) is 5.56 Å². The van der Waals surface area contributed by atoms with Gasteiger partial charge in [-0.25, -0.2) is 0 Å². The molecule has 5 nitrogen and oxygen atoms in total. The Morgan fingerprint density at radius 2 is 1.90 bits per heavy atom. The van der Waals surface area contributed by atoms with E-state index in [1.165, 1.54) is 12.1 Å². The monoisotopic (exact) mass is 441 g/mol. The number of carbonyl (C=O) groups excluding carboxylic acids is 1. The first-order valence-electron chi connectivity index (χ1n) is 10.9. The van der Waals surface area contributed by atoms with Gasteiger partial charge in [0.15, 0.2) is 5.76 Å². The summed E-state index contributed by atoms with van der Waals surface area (Å²) in [4.78, 5) is 12.8. The smallest absolute Gasteiger partial charge is 0.416 e. The highest BCUT2D eigenvalue weighted by atomic mass is 19.4. The van der Waals surface area contributed by atoms with Crippen LogP contribution in [0.4, 0.5) is 13.2 Å². The number of hydrogen-bond donors (Lipinski definition) is 2. The molecule has 3 atom stereocenters. The number of aliphatic hydroxyl groups excluding tert-OH is 1. The van der Waals surface area contributed by atoms with Gasteiger partial charge in [-0.3, -0.25) is 4.79 Å². The Hall–Kier alpha value is -2.06. The first-order valence-corrected chi connectivity index (χ1v) is 10.9. The Labute approximate surface area is 180 Å². The molecule has 0 saturated heterocycles. The predicted octanol–water partition coefficient (Wildman–Crippen LogP) is 4.51. The zero-order chi connectivity index (χ0) is 22.4. The zero-order valence-electron chi connectivity index (χ0n) is 17.7. The van der Waals surface area contributed by atoms with Crippen LogP contribution in [-0.4, -0.2) is 36.6 Å². The van der Waals surface area contributed by atoms with Crippen LogP contribution in [-0.2, 0) is 20.4 Å². The molecule has 1 heterocycles. The number of nitrogens with one attached hydrogen (secondary N) is 1. The Morgan fingerprint density at radius 1 is 1.23 bits per heavy atom. The van der Waals surface area contributed by atoms with Gasteiger partial charge < -0.3 is 19.9 Å². The Balaban J connectivity index is 1.91. The summed E-state index contributed by atoms with van der Waals surface area (Å²) in [6.07, 6.45) is 1.58. The minimum Gasteiger partial charge on any atom is -0.459 e. The lowest BCUT2D eigenvalue weighted by atomic mass is 9.80. The van der Waals surface area contributed by atoms with Crippen molar-refractivity contribution < 1.29 is 32.5 Å². The molecule has 0 spiro atoms. The van der Waals surface area contributed by atoms with Crippen LogP contribution in [0.25, 0.3) is 0 Å². The molecule has 0 aromatic heterocycles. The summed E-state index contributed by atoms with van der Waals surface area (Å²) in [5.74, 6) is -0.806. The third kappa shape index (κ3) is 6.01. The summed E-state index contributed by atoms with van der Waals surface area (Å²) in [6.45, 7) is 2.15. The Bertz CT molecular complexity index is 757. The molecule has 1 fully saturated rings. The van der Waals surface area contributed by atoms with Crippen molar-refractivity contribution in [2.75, 3.05) is 13.2 Å². The summed E-state index contributed by atoms with van der Waals surface area (Å²) in [6, 6.07) is 5.10. The van der Waals surface area contributed by atoms with Gasteiger partial charge in [0.25, 0.3) is 5.91 Å². The van der Waals surface area contributed by atoms with Gasteiger partial charge in [0.1, 0.15) is 0 Å². The quantitative estimate of drug-likeness (QED) is 0.623. The fourth-order valence-electron chi connectivity index (χ4n) is 4.37. The minimum absolute atomic E-state index is 0.0200. The highest BCUT2D eigenvalue weighted by Gasteiger charge is 2.39. The molecule has 31 heavy (non-hydrogen) atoms. The van der Waals surface area contributed by atoms with Gasteiger partial charge in [-0.15, -0.1) is 0 Å². The van der Waals surface area contributed by atoms with Crippen molar-refractivity contribution in [3.63, 3.8) is 0 Å². The van der Waals surface area contributed by atoms with Crippen molar-refractivity contribution in [1.82, 2.24) is 5.32 Å². The summed E-state index contributed by atoms with van der Waals surface area (Å²) < 4.78 is 50.7. The fraction of sp³-hybridized carbons (Fsp3) is 0.609. The molecular formula is C23H30F3NO4. The largest absolute Gasteiger partial charge is 0.459 e. The number of amides is 1. The van der Waals surface area contributed by atoms with Crippen LogP contribution >= 0.6 is 0 Å². The molecule has 2 N–H and O–H groups in total. The molecule has 0 unspecified atom stereocenters. The normalized spacial score (nSPS) is 24.5. The number of carbonyl (C=O) groups is 1. The molecule has 1 aliphatic heterocycles. The molecule has 1 aromatic carbocycles. The van der Waals surface area contributed by atoms with Gasteiger partial charge in [-0.05, 0) is 56.4 Å². The maximum absolute atomic E-state index is 13.0. The van der Waals surface area contributed by atoms with E-state index in [-0.39, 0.29) is 36.2 Å². The Kier molecular flexibility index (Phi) is 8.00. The van der Waals surface area contributed by atoms with E-state index in [0.717, 1.165) is 37.8 Å². The number of rotatable bonds is 8. The van der Waals surface area contributed by atoms with Gasteiger partial charge in [0, 0.05) is 31.1 Å². The van der Waals surface area contributed by atoms with E-state index in [9.17, 15) is 23.1 Å². The molecule has 3 rings (SSSR count). The summed E-state index contributed by atoms with van der Waals surface area (Å²) >= 11 is 0. The number of ether oxygens (including phenoxy) is 2. The average molecular weight is 441 g/mol. The number of halogens is 3. The second kappa shape index (κ2) is 10.5. The van der Waals surface area contributed by atoms with E-state index in [1.54, 1.807) is 6.08 Å². The SMILES string of the molecule is CCO[C@H]1OC(C(=O)NC2CCCC2)=C[C@@H](c2ccc(C(F)(F)F)cc2)[C@H]1CCCO. The first-order chi connectivity index (χ1) is 14.8.